The smallest absolute Gasteiger partial charge is 0.407 e. The summed E-state index contributed by atoms with van der Waals surface area (Å²) >= 11 is 0. The molecule has 0 radical (unpaired) electrons. The lowest BCUT2D eigenvalue weighted by molar-refractivity contribution is -0.385. The van der Waals surface area contributed by atoms with Crippen molar-refractivity contribution in [2.45, 2.75) is 51.9 Å². The number of carboxylic acid groups (broad SMARTS) is 1. The molecule has 0 aliphatic carbocycles. The second-order valence-corrected chi connectivity index (χ2v) is 9.09. The molecule has 12 nitrogen and oxygen atoms in total. The summed E-state index contributed by atoms with van der Waals surface area (Å²) in [7, 11) is 0. The molecule has 1 heterocycles. The highest BCUT2D eigenvalue weighted by atomic mass is 16.7. The first-order valence-corrected chi connectivity index (χ1v) is 10.9. The third-order valence-electron chi connectivity index (χ3n) is 5.07. The van der Waals surface area contributed by atoms with Crippen LogP contribution in [0.5, 0.6) is 0 Å². The maximum atomic E-state index is 12.5. The molecule has 2 aromatic carbocycles. The first-order chi connectivity index (χ1) is 16.9. The molecule has 0 saturated carbocycles. The highest BCUT2D eigenvalue weighted by molar-refractivity contribution is 6.20. The van der Waals surface area contributed by atoms with Crippen LogP contribution in [0.15, 0.2) is 42.5 Å². The van der Waals surface area contributed by atoms with E-state index >= 15 is 0 Å². The Morgan fingerprint density at radius 3 is 2.25 bits per heavy atom. The molecular formula is C24H25N3O9. The highest BCUT2D eigenvalue weighted by Crippen LogP contribution is 2.26. The Morgan fingerprint density at radius 1 is 1.11 bits per heavy atom. The molecule has 0 aromatic heterocycles. The maximum absolute atomic E-state index is 12.5. The zero-order valence-corrected chi connectivity index (χ0v) is 19.8. The van der Waals surface area contributed by atoms with E-state index in [0.717, 1.165) is 0 Å². The van der Waals surface area contributed by atoms with Gasteiger partial charge in [0, 0.05) is 24.1 Å². The van der Waals surface area contributed by atoms with Gasteiger partial charge in [-0.2, -0.15) is 0 Å². The van der Waals surface area contributed by atoms with Crippen molar-refractivity contribution in [1.82, 2.24) is 10.4 Å². The van der Waals surface area contributed by atoms with Gasteiger partial charge in [0.25, 0.3) is 17.5 Å². The number of hydrogen-bond acceptors (Lipinski definition) is 8. The fraction of sp³-hybridized carbons (Fsp3) is 0.333. The molecule has 0 bridgehead atoms. The molecule has 0 saturated heterocycles. The number of carboxylic acids is 1. The summed E-state index contributed by atoms with van der Waals surface area (Å²) < 4.78 is 5.16. The van der Waals surface area contributed by atoms with Gasteiger partial charge in [0.05, 0.1) is 22.5 Å². The molecule has 1 aliphatic heterocycles. The van der Waals surface area contributed by atoms with Gasteiger partial charge in [-0.15, -0.1) is 5.06 Å². The van der Waals surface area contributed by atoms with Crippen molar-refractivity contribution < 1.29 is 38.8 Å². The van der Waals surface area contributed by atoms with Crippen LogP contribution in [0, 0.1) is 10.1 Å². The number of amides is 3. The van der Waals surface area contributed by atoms with E-state index in [1.807, 2.05) is 0 Å². The average Bonchev–Trinajstić information content (AvgIpc) is 3.00. The van der Waals surface area contributed by atoms with Crippen molar-refractivity contribution in [3.05, 3.63) is 74.8 Å². The lowest BCUT2D eigenvalue weighted by Gasteiger charge is -2.23. The monoisotopic (exact) mass is 499 g/mol. The number of nitrogens with zero attached hydrogens (tertiary/aromatic N) is 2. The maximum Gasteiger partial charge on any atom is 0.407 e. The highest BCUT2D eigenvalue weighted by Gasteiger charge is 2.36. The van der Waals surface area contributed by atoms with Crippen LogP contribution in [0.3, 0.4) is 0 Å². The SMILES string of the molecule is CC(C)(C)OC(=O)N[C@H](CC(=O)O)Cc1cc(CON2C(=O)c3ccccc3C2=O)ccc1[N+](=O)[O-]. The number of nitrogens with one attached hydrogen (secondary N) is 1. The quantitative estimate of drug-likeness (QED) is 0.299. The second-order valence-electron chi connectivity index (χ2n) is 9.09. The van der Waals surface area contributed by atoms with Gasteiger partial charge in [-0.1, -0.05) is 12.1 Å². The van der Waals surface area contributed by atoms with E-state index in [4.69, 9.17) is 9.57 Å². The van der Waals surface area contributed by atoms with E-state index in [9.17, 15) is 34.4 Å². The zero-order valence-electron chi connectivity index (χ0n) is 19.8. The van der Waals surface area contributed by atoms with E-state index in [-0.39, 0.29) is 35.4 Å². The van der Waals surface area contributed by atoms with Gasteiger partial charge >= 0.3 is 12.1 Å². The van der Waals surface area contributed by atoms with Crippen molar-refractivity contribution >= 4 is 29.6 Å². The zero-order chi connectivity index (χ0) is 26.6. The Bertz CT molecular complexity index is 1180. The number of hydrogen-bond donors (Lipinski definition) is 2. The van der Waals surface area contributed by atoms with E-state index in [0.29, 0.717) is 10.6 Å². The number of benzene rings is 2. The number of ether oxygens (including phenoxy) is 1. The number of aliphatic carboxylic acids is 1. The summed E-state index contributed by atoms with van der Waals surface area (Å²) in [6.07, 6.45) is -1.56. The molecule has 12 heteroatoms. The lowest BCUT2D eigenvalue weighted by atomic mass is 9.99. The Labute approximate surface area is 205 Å². The average molecular weight is 499 g/mol. The predicted molar refractivity (Wildman–Crippen MR) is 124 cm³/mol. The minimum Gasteiger partial charge on any atom is -0.481 e. The summed E-state index contributed by atoms with van der Waals surface area (Å²) in [5.41, 5.74) is -0.191. The third-order valence-corrected chi connectivity index (χ3v) is 5.07. The normalized spacial score (nSPS) is 13.8. The number of rotatable bonds is 9. The largest absolute Gasteiger partial charge is 0.481 e. The Hall–Kier alpha value is -4.32. The third kappa shape index (κ3) is 6.42. The van der Waals surface area contributed by atoms with Gasteiger partial charge in [0.1, 0.15) is 12.2 Å². The van der Waals surface area contributed by atoms with Crippen LogP contribution < -0.4 is 5.32 Å². The topological polar surface area (TPSA) is 165 Å². The molecule has 2 aromatic rings. The van der Waals surface area contributed by atoms with Crippen LogP contribution in [0.2, 0.25) is 0 Å². The summed E-state index contributed by atoms with van der Waals surface area (Å²) in [6.45, 7) is 4.66. The second kappa shape index (κ2) is 10.5. The van der Waals surface area contributed by atoms with Crippen molar-refractivity contribution in [3.8, 4) is 0 Å². The van der Waals surface area contributed by atoms with Gasteiger partial charge in [0.15, 0.2) is 0 Å². The summed E-state index contributed by atoms with van der Waals surface area (Å²) in [4.78, 5) is 64.8. The van der Waals surface area contributed by atoms with Gasteiger partial charge in [-0.25, -0.2) is 4.79 Å². The number of nitro benzene ring substituents is 1. The van der Waals surface area contributed by atoms with E-state index in [2.05, 4.69) is 5.32 Å². The van der Waals surface area contributed by atoms with Gasteiger partial charge < -0.3 is 15.2 Å². The Kier molecular flexibility index (Phi) is 7.68. The fourth-order valence-electron chi connectivity index (χ4n) is 3.62. The van der Waals surface area contributed by atoms with Crippen LogP contribution in [0.25, 0.3) is 0 Å². The van der Waals surface area contributed by atoms with Gasteiger partial charge in [0.2, 0.25) is 0 Å². The molecular weight excluding hydrogens is 474 g/mol. The van der Waals surface area contributed by atoms with Crippen LogP contribution in [-0.2, 0) is 27.4 Å². The minimum absolute atomic E-state index is 0.130. The number of imide groups is 1. The fourth-order valence-corrected chi connectivity index (χ4v) is 3.62. The van der Waals surface area contributed by atoms with Gasteiger partial charge in [-0.3, -0.25) is 29.3 Å². The van der Waals surface area contributed by atoms with Crippen LogP contribution >= 0.6 is 0 Å². The van der Waals surface area contributed by atoms with Crippen molar-refractivity contribution in [2.75, 3.05) is 0 Å². The van der Waals surface area contributed by atoms with E-state index in [1.165, 1.54) is 30.3 Å². The molecule has 0 spiro atoms. The molecule has 0 fully saturated rings. The molecule has 2 N–H and O–H groups in total. The van der Waals surface area contributed by atoms with Gasteiger partial charge in [-0.05, 0) is 50.6 Å². The van der Waals surface area contributed by atoms with Crippen LogP contribution in [0.4, 0.5) is 10.5 Å². The summed E-state index contributed by atoms with van der Waals surface area (Å²) in [6, 6.07) is 9.25. The van der Waals surface area contributed by atoms with E-state index < -0.39 is 46.9 Å². The number of hydroxylamine groups is 2. The first kappa shape index (κ1) is 26.3. The van der Waals surface area contributed by atoms with Crippen LogP contribution in [-0.4, -0.2) is 50.6 Å². The molecule has 36 heavy (non-hydrogen) atoms. The van der Waals surface area contributed by atoms with E-state index in [1.54, 1.807) is 32.9 Å². The molecule has 3 amide bonds. The van der Waals surface area contributed by atoms with Crippen molar-refractivity contribution in [1.29, 1.82) is 0 Å². The summed E-state index contributed by atoms with van der Waals surface area (Å²) in [5.74, 6) is -2.47. The molecule has 1 aliphatic rings. The first-order valence-electron chi connectivity index (χ1n) is 10.9. The predicted octanol–water partition coefficient (Wildman–Crippen LogP) is 3.23. The summed E-state index contributed by atoms with van der Waals surface area (Å²) in [5, 5.41) is 23.9. The van der Waals surface area contributed by atoms with Crippen LogP contribution in [0.1, 0.15) is 59.0 Å². The minimum atomic E-state index is -1.22. The molecule has 190 valence electrons. The number of carbonyl (C=O) groups excluding carboxylic acids is 3. The Morgan fingerprint density at radius 2 is 1.72 bits per heavy atom. The number of nitro groups is 1. The lowest BCUT2D eigenvalue weighted by Crippen LogP contribution is -2.41. The number of carbonyl (C=O) groups is 4. The molecule has 0 unspecified atom stereocenters. The molecule has 1 atom stereocenters. The van der Waals surface area contributed by atoms with Crippen molar-refractivity contribution in [3.63, 3.8) is 0 Å². The number of alkyl carbamates (subject to hydrolysis) is 1. The van der Waals surface area contributed by atoms with Crippen molar-refractivity contribution in [2.24, 2.45) is 0 Å². The molecule has 3 rings (SSSR count). The standard InChI is InChI=1S/C24H25N3O9/c1-24(2,3)36-23(32)25-16(12-20(28)29)11-15-10-14(8-9-19(15)27(33)34)13-35-26-21(30)17-6-4-5-7-18(17)22(26)31/h4-10,16H,11-13H2,1-3H3,(H,25,32)(H,28,29)/t16-/m0/s1. The Balaban J connectivity index is 1.78. The number of fused-ring (bicyclic) bond motifs is 1.